The van der Waals surface area contributed by atoms with Crippen molar-refractivity contribution < 1.29 is 4.79 Å². The molecule has 4 aromatic rings. The van der Waals surface area contributed by atoms with Gasteiger partial charge in [-0.1, -0.05) is 37.3 Å². The van der Waals surface area contributed by atoms with E-state index >= 15 is 0 Å². The van der Waals surface area contributed by atoms with E-state index in [1.807, 2.05) is 48.5 Å². The van der Waals surface area contributed by atoms with E-state index in [0.717, 1.165) is 16.9 Å². The molecule has 0 saturated carbocycles. The number of fused-ring (bicyclic) bond motifs is 1. The summed E-state index contributed by atoms with van der Waals surface area (Å²) in [7, 11) is 0. The van der Waals surface area contributed by atoms with Gasteiger partial charge in [-0.05, 0) is 30.2 Å². The maximum atomic E-state index is 12.8. The Hall–Kier alpha value is -2.57. The van der Waals surface area contributed by atoms with Crippen LogP contribution in [0.25, 0.3) is 20.7 Å². The van der Waals surface area contributed by atoms with E-state index in [4.69, 9.17) is 0 Å². The van der Waals surface area contributed by atoms with Gasteiger partial charge in [0.1, 0.15) is 4.83 Å². The van der Waals surface area contributed by atoms with Crippen LogP contribution in [0.5, 0.6) is 0 Å². The molecule has 0 fully saturated rings. The summed E-state index contributed by atoms with van der Waals surface area (Å²) in [4.78, 5) is 33.2. The summed E-state index contributed by atoms with van der Waals surface area (Å²) >= 11 is 2.98. The second-order valence-electron chi connectivity index (χ2n) is 5.92. The molecule has 0 amide bonds. The Labute approximate surface area is 158 Å². The lowest BCUT2D eigenvalue weighted by molar-refractivity contribution is 0.0974. The molecular formula is C20H16N2O2S2. The van der Waals surface area contributed by atoms with Gasteiger partial charge < -0.3 is 0 Å². The van der Waals surface area contributed by atoms with Crippen molar-refractivity contribution in [3.63, 3.8) is 0 Å². The predicted octanol–water partition coefficient (Wildman–Crippen LogP) is 4.63. The molecule has 0 aliphatic heterocycles. The number of carbonyl (C=O) groups is 1. The molecular weight excluding hydrogens is 364 g/mol. The number of nitrogens with zero attached hydrogens (tertiary/aromatic N) is 2. The van der Waals surface area contributed by atoms with Gasteiger partial charge in [0.25, 0.3) is 5.56 Å². The van der Waals surface area contributed by atoms with E-state index in [1.54, 1.807) is 0 Å². The van der Waals surface area contributed by atoms with Gasteiger partial charge in [-0.25, -0.2) is 4.98 Å². The number of aromatic nitrogens is 2. The number of hydrogen-bond acceptors (Lipinski definition) is 5. The van der Waals surface area contributed by atoms with Crippen LogP contribution in [0.3, 0.4) is 0 Å². The maximum Gasteiger partial charge on any atom is 0.262 e. The highest BCUT2D eigenvalue weighted by molar-refractivity contribution is 7.21. The zero-order valence-corrected chi connectivity index (χ0v) is 15.8. The highest BCUT2D eigenvalue weighted by Gasteiger charge is 2.14. The molecule has 130 valence electrons. The molecule has 0 radical (unpaired) electrons. The average Bonchev–Trinajstić information content (AvgIpc) is 3.32. The van der Waals surface area contributed by atoms with Gasteiger partial charge in [0, 0.05) is 9.75 Å². The van der Waals surface area contributed by atoms with Crippen molar-refractivity contribution >= 4 is 38.7 Å². The summed E-state index contributed by atoms with van der Waals surface area (Å²) in [6.45, 7) is 2.07. The van der Waals surface area contributed by atoms with Crippen LogP contribution in [-0.4, -0.2) is 15.3 Å². The molecule has 6 heteroatoms. The summed E-state index contributed by atoms with van der Waals surface area (Å²) in [5.41, 5.74) is 0.886. The topological polar surface area (TPSA) is 52.0 Å². The number of ketones is 1. The normalized spacial score (nSPS) is 11.1. The Morgan fingerprint density at radius 2 is 1.92 bits per heavy atom. The van der Waals surface area contributed by atoms with Gasteiger partial charge in [0.2, 0.25) is 0 Å². The monoisotopic (exact) mass is 380 g/mol. The van der Waals surface area contributed by atoms with Crippen LogP contribution in [0.1, 0.15) is 21.5 Å². The molecule has 0 aliphatic rings. The summed E-state index contributed by atoms with van der Waals surface area (Å²) < 4.78 is 1.40. The van der Waals surface area contributed by atoms with Gasteiger partial charge in [-0.3, -0.25) is 14.2 Å². The average molecular weight is 380 g/mol. The van der Waals surface area contributed by atoms with E-state index in [1.165, 1.54) is 38.4 Å². The smallest absolute Gasteiger partial charge is 0.262 e. The van der Waals surface area contributed by atoms with E-state index in [-0.39, 0.29) is 17.9 Å². The third-order valence-corrected chi connectivity index (χ3v) is 6.54. The van der Waals surface area contributed by atoms with Crippen LogP contribution in [0, 0.1) is 0 Å². The van der Waals surface area contributed by atoms with Crippen LogP contribution < -0.4 is 5.56 Å². The van der Waals surface area contributed by atoms with Crippen molar-refractivity contribution in [1.82, 2.24) is 9.55 Å². The third kappa shape index (κ3) is 3.13. The molecule has 0 N–H and O–H groups in total. The molecule has 3 aromatic heterocycles. The first-order chi connectivity index (χ1) is 12.7. The SMILES string of the molecule is CCc1ccc(C(=O)Cn2cnc3sc(-c4ccccc4)cc3c2=O)s1. The minimum atomic E-state index is -0.172. The quantitative estimate of drug-likeness (QED) is 0.474. The number of Topliss-reactive ketones (excluding diaryl/α,β-unsaturated/α-hetero) is 1. The Morgan fingerprint density at radius 3 is 2.65 bits per heavy atom. The number of aryl methyl sites for hydroxylation is 1. The van der Waals surface area contributed by atoms with Crippen molar-refractivity contribution in [2.75, 3.05) is 0 Å². The van der Waals surface area contributed by atoms with Gasteiger partial charge in [0.15, 0.2) is 5.78 Å². The lowest BCUT2D eigenvalue weighted by Gasteiger charge is -2.03. The van der Waals surface area contributed by atoms with E-state index in [2.05, 4.69) is 11.9 Å². The summed E-state index contributed by atoms with van der Waals surface area (Å²) in [5, 5.41) is 0.560. The Bertz CT molecular complexity index is 1140. The van der Waals surface area contributed by atoms with Gasteiger partial charge in [-0.15, -0.1) is 22.7 Å². The molecule has 26 heavy (non-hydrogen) atoms. The van der Waals surface area contributed by atoms with E-state index in [0.29, 0.717) is 15.1 Å². The molecule has 0 spiro atoms. The largest absolute Gasteiger partial charge is 0.291 e. The number of hydrogen-bond donors (Lipinski definition) is 0. The Balaban J connectivity index is 1.67. The Kier molecular flexibility index (Phi) is 4.53. The fraction of sp³-hybridized carbons (Fsp3) is 0.150. The second kappa shape index (κ2) is 6.97. The standard InChI is InChI=1S/C20H16N2O2S2/c1-2-14-8-9-17(25-14)16(23)11-22-12-21-19-15(20(22)24)10-18(26-19)13-6-4-3-5-7-13/h3-10,12H,2,11H2,1H3. The van der Waals surface area contributed by atoms with Crippen LogP contribution in [-0.2, 0) is 13.0 Å². The molecule has 4 nitrogen and oxygen atoms in total. The summed E-state index contributed by atoms with van der Waals surface area (Å²) in [6.07, 6.45) is 2.38. The molecule has 0 aliphatic carbocycles. The molecule has 0 atom stereocenters. The van der Waals surface area contributed by atoms with Crippen molar-refractivity contribution in [3.05, 3.63) is 75.0 Å². The predicted molar refractivity (Wildman–Crippen MR) is 107 cm³/mol. The maximum absolute atomic E-state index is 12.8. The molecule has 0 saturated heterocycles. The van der Waals surface area contributed by atoms with Crippen LogP contribution in [0.4, 0.5) is 0 Å². The zero-order valence-electron chi connectivity index (χ0n) is 14.1. The van der Waals surface area contributed by atoms with Crippen molar-refractivity contribution in [3.8, 4) is 10.4 Å². The van der Waals surface area contributed by atoms with Gasteiger partial charge in [0.05, 0.1) is 23.1 Å². The number of carbonyl (C=O) groups excluding carboxylic acids is 1. The summed E-state index contributed by atoms with van der Waals surface area (Å²) in [6, 6.07) is 15.6. The van der Waals surface area contributed by atoms with Crippen molar-refractivity contribution in [2.45, 2.75) is 19.9 Å². The van der Waals surface area contributed by atoms with Crippen LogP contribution in [0.2, 0.25) is 0 Å². The fourth-order valence-corrected chi connectivity index (χ4v) is 4.64. The molecule has 1 aromatic carbocycles. The Morgan fingerprint density at radius 1 is 1.12 bits per heavy atom. The van der Waals surface area contributed by atoms with Crippen LogP contribution >= 0.6 is 22.7 Å². The number of rotatable bonds is 5. The first-order valence-corrected chi connectivity index (χ1v) is 9.95. The highest BCUT2D eigenvalue weighted by atomic mass is 32.1. The zero-order chi connectivity index (χ0) is 18.1. The number of benzene rings is 1. The minimum Gasteiger partial charge on any atom is -0.291 e. The first kappa shape index (κ1) is 16.9. The van der Waals surface area contributed by atoms with E-state index < -0.39 is 0 Å². The van der Waals surface area contributed by atoms with Crippen molar-refractivity contribution in [2.24, 2.45) is 0 Å². The summed E-state index contributed by atoms with van der Waals surface area (Å²) in [5.74, 6) is -0.0588. The first-order valence-electron chi connectivity index (χ1n) is 8.32. The molecule has 0 unspecified atom stereocenters. The van der Waals surface area contributed by atoms with Gasteiger partial charge in [-0.2, -0.15) is 0 Å². The molecule has 4 rings (SSSR count). The second-order valence-corrected chi connectivity index (χ2v) is 8.11. The molecule has 3 heterocycles. The van der Waals surface area contributed by atoms with E-state index in [9.17, 15) is 9.59 Å². The lowest BCUT2D eigenvalue weighted by Crippen LogP contribution is -2.23. The number of thiophene rings is 2. The highest BCUT2D eigenvalue weighted by Crippen LogP contribution is 2.30. The fourth-order valence-electron chi connectivity index (χ4n) is 2.77. The minimum absolute atomic E-state index is 0.0158. The van der Waals surface area contributed by atoms with Crippen LogP contribution in [0.15, 0.2) is 59.7 Å². The third-order valence-electron chi connectivity index (χ3n) is 4.18. The molecule has 0 bridgehead atoms. The lowest BCUT2D eigenvalue weighted by atomic mass is 10.2. The van der Waals surface area contributed by atoms with Crippen molar-refractivity contribution in [1.29, 1.82) is 0 Å². The van der Waals surface area contributed by atoms with Gasteiger partial charge >= 0.3 is 0 Å².